The quantitative estimate of drug-likeness (QED) is 0.0487. The van der Waals surface area contributed by atoms with Crippen molar-refractivity contribution in [1.29, 1.82) is 0 Å². The molecule has 0 saturated heterocycles. The van der Waals surface area contributed by atoms with E-state index in [9.17, 15) is 20.1 Å². The number of aliphatic imine (C=N–C) groups is 1. The van der Waals surface area contributed by atoms with Crippen LogP contribution in [0, 0.1) is 11.3 Å². The maximum absolute atomic E-state index is 13.6. The summed E-state index contributed by atoms with van der Waals surface area (Å²) in [6.07, 6.45) is 11.1. The highest BCUT2D eigenvalue weighted by Crippen LogP contribution is 2.45. The number of benzene rings is 2. The highest BCUT2D eigenvalue weighted by atomic mass is 16.6. The fourth-order valence-electron chi connectivity index (χ4n) is 7.20. The summed E-state index contributed by atoms with van der Waals surface area (Å²) in [5.41, 5.74) is 7.18. The minimum absolute atomic E-state index is 0.0593. The molecule has 2 saturated carbocycles. The zero-order valence-electron chi connectivity index (χ0n) is 28.2. The molecule has 11 nitrogen and oxygen atoms in total. The molecule has 0 amide bonds. The fraction of sp³-hybridized carbons (Fsp3) is 0.556. The van der Waals surface area contributed by atoms with E-state index >= 15 is 0 Å². The number of ketones is 1. The van der Waals surface area contributed by atoms with Gasteiger partial charge in [-0.15, -0.1) is 0 Å². The number of allylic oxidation sites excluding steroid dienone is 2. The van der Waals surface area contributed by atoms with Crippen LogP contribution in [0.1, 0.15) is 68.9 Å². The Morgan fingerprint density at radius 2 is 1.87 bits per heavy atom. The number of aryl methyl sites for hydroxylation is 1. The van der Waals surface area contributed by atoms with Crippen LogP contribution < -0.4 is 25.8 Å². The minimum atomic E-state index is -0.825. The van der Waals surface area contributed by atoms with Gasteiger partial charge in [0.25, 0.3) is 0 Å². The van der Waals surface area contributed by atoms with Crippen LogP contribution in [0.5, 0.6) is 23.0 Å². The first kappa shape index (κ1) is 36.0. The molecule has 2 aliphatic rings. The average Bonchev–Trinajstić information content (AvgIpc) is 3.70. The second-order valence-corrected chi connectivity index (χ2v) is 13.0. The van der Waals surface area contributed by atoms with Gasteiger partial charge in [-0.05, 0) is 106 Å². The first-order valence-electron chi connectivity index (χ1n) is 16.5. The van der Waals surface area contributed by atoms with E-state index in [2.05, 4.69) is 15.6 Å². The molecule has 0 heterocycles. The van der Waals surface area contributed by atoms with Gasteiger partial charge in [-0.2, -0.15) is 0 Å². The summed E-state index contributed by atoms with van der Waals surface area (Å²) in [6.45, 7) is 0.571. The molecule has 0 aliphatic heterocycles. The summed E-state index contributed by atoms with van der Waals surface area (Å²) in [4.78, 5) is 17.6. The molecule has 4 rings (SSSR count). The summed E-state index contributed by atoms with van der Waals surface area (Å²) in [7, 11) is 6.45. The van der Waals surface area contributed by atoms with Crippen molar-refractivity contribution < 1.29 is 34.3 Å². The van der Waals surface area contributed by atoms with Gasteiger partial charge < -0.3 is 45.9 Å². The van der Waals surface area contributed by atoms with Crippen LogP contribution in [0.4, 0.5) is 5.69 Å². The van der Waals surface area contributed by atoms with E-state index in [1.807, 2.05) is 37.4 Å². The molecule has 2 fully saturated rings. The Hall–Kier alpha value is -3.80. The zero-order chi connectivity index (χ0) is 34.0. The molecule has 0 radical (unpaired) electrons. The minimum Gasteiger partial charge on any atom is -0.504 e. The zero-order valence-corrected chi connectivity index (χ0v) is 28.2. The number of carbonyl (C=O) groups excluding carboxylic acids is 1. The Kier molecular flexibility index (Phi) is 12.5. The van der Waals surface area contributed by atoms with E-state index in [1.165, 1.54) is 14.2 Å². The van der Waals surface area contributed by atoms with E-state index in [4.69, 9.17) is 19.9 Å². The number of ether oxygens (including phenoxy) is 3. The number of phenolic OH excluding ortho intramolecular Hbond substituents is 2. The normalized spacial score (nSPS) is 21.6. The maximum Gasteiger partial charge on any atom is 0.192 e. The second kappa shape index (κ2) is 16.3. The lowest BCUT2D eigenvalue weighted by atomic mass is 9.76. The number of nitrogens with one attached hydrogen (secondary N) is 2. The van der Waals surface area contributed by atoms with Crippen molar-refractivity contribution in [2.24, 2.45) is 22.1 Å². The number of nitrogens with zero attached hydrogens (tertiary/aromatic N) is 1. The van der Waals surface area contributed by atoms with E-state index in [1.54, 1.807) is 19.2 Å². The SMILES string of the molecule is CN=C(N)Nc1cc(CCC=CC(=O)C2(Cc3ccc(O)c(OC)c3)CCCC2)cc(OC2(CNC)CCC(CC(O)OC)C2)c1O. The van der Waals surface area contributed by atoms with Crippen LogP contribution in [-0.4, -0.2) is 73.8 Å². The van der Waals surface area contributed by atoms with Crippen molar-refractivity contribution in [3.05, 3.63) is 53.6 Å². The Morgan fingerprint density at radius 3 is 2.55 bits per heavy atom. The molecular formula is C36H52N4O7. The number of methoxy groups -OCH3 is 2. The molecule has 0 aromatic heterocycles. The number of nitrogens with two attached hydrogens (primary N) is 1. The Labute approximate surface area is 278 Å². The molecule has 2 aromatic rings. The molecular weight excluding hydrogens is 600 g/mol. The molecule has 2 aliphatic carbocycles. The standard InChI is InChI=1S/C36H52N4O7/c1-38-23-36(16-13-26(22-36)20-32(43)46-4)47-30-18-24(17-27(33(30)44)40-34(37)39-2)9-5-6-10-31(42)35(14-7-8-15-35)21-25-11-12-28(41)29(19-25)45-3/h6,10-12,17-19,26,32,38,41,43-44H,5,7-9,13-16,20-23H2,1-4H3,(H3,37,39,40). The summed E-state index contributed by atoms with van der Waals surface area (Å²) in [5, 5.41) is 37.5. The number of carbonyl (C=O) groups is 1. The summed E-state index contributed by atoms with van der Waals surface area (Å²) < 4.78 is 17.0. The van der Waals surface area contributed by atoms with Crippen molar-refractivity contribution in [3.63, 3.8) is 0 Å². The Morgan fingerprint density at radius 1 is 1.13 bits per heavy atom. The number of guanidine groups is 1. The Bertz CT molecular complexity index is 1420. The number of aromatic hydroxyl groups is 2. The number of aliphatic hydroxyl groups is 1. The third-order valence-electron chi connectivity index (χ3n) is 9.68. The molecule has 3 atom stereocenters. The number of aliphatic hydroxyl groups excluding tert-OH is 1. The fourth-order valence-corrected chi connectivity index (χ4v) is 7.20. The van der Waals surface area contributed by atoms with Gasteiger partial charge in [0.05, 0.1) is 12.8 Å². The van der Waals surface area contributed by atoms with E-state index in [0.717, 1.165) is 49.7 Å². The topological polar surface area (TPSA) is 168 Å². The van der Waals surface area contributed by atoms with Crippen molar-refractivity contribution in [2.75, 3.05) is 40.2 Å². The van der Waals surface area contributed by atoms with Crippen molar-refractivity contribution in [2.45, 2.75) is 82.5 Å². The van der Waals surface area contributed by atoms with Gasteiger partial charge in [-0.3, -0.25) is 9.79 Å². The van der Waals surface area contributed by atoms with E-state index in [-0.39, 0.29) is 29.2 Å². The van der Waals surface area contributed by atoms with Crippen molar-refractivity contribution >= 4 is 17.4 Å². The van der Waals surface area contributed by atoms with Gasteiger partial charge in [0.1, 0.15) is 5.60 Å². The molecule has 7 N–H and O–H groups in total. The van der Waals surface area contributed by atoms with Crippen molar-refractivity contribution in [1.82, 2.24) is 5.32 Å². The van der Waals surface area contributed by atoms with Gasteiger partial charge in [-0.25, -0.2) is 0 Å². The summed E-state index contributed by atoms with van der Waals surface area (Å²) in [6, 6.07) is 8.96. The lowest BCUT2D eigenvalue weighted by Gasteiger charge is -2.32. The third kappa shape index (κ3) is 9.18. The highest BCUT2D eigenvalue weighted by Gasteiger charge is 2.42. The van der Waals surface area contributed by atoms with Gasteiger partial charge in [0, 0.05) is 32.5 Å². The molecule has 11 heteroatoms. The van der Waals surface area contributed by atoms with Crippen LogP contribution >= 0.6 is 0 Å². The van der Waals surface area contributed by atoms with Gasteiger partial charge in [-0.1, -0.05) is 25.0 Å². The van der Waals surface area contributed by atoms with Gasteiger partial charge in [0.2, 0.25) is 0 Å². The number of hydrogen-bond donors (Lipinski definition) is 6. The number of hydrogen-bond acceptors (Lipinski definition) is 9. The molecule has 3 unspecified atom stereocenters. The predicted octanol–water partition coefficient (Wildman–Crippen LogP) is 4.82. The van der Waals surface area contributed by atoms with E-state index in [0.29, 0.717) is 55.8 Å². The highest BCUT2D eigenvalue weighted by molar-refractivity contribution is 5.95. The predicted molar refractivity (Wildman–Crippen MR) is 183 cm³/mol. The third-order valence-corrected chi connectivity index (χ3v) is 9.68. The summed E-state index contributed by atoms with van der Waals surface area (Å²) >= 11 is 0. The van der Waals surface area contributed by atoms with E-state index < -0.39 is 17.3 Å². The first-order valence-corrected chi connectivity index (χ1v) is 16.5. The van der Waals surface area contributed by atoms with Crippen LogP contribution in [0.2, 0.25) is 0 Å². The first-order chi connectivity index (χ1) is 22.6. The van der Waals surface area contributed by atoms with Crippen LogP contribution in [0.3, 0.4) is 0 Å². The van der Waals surface area contributed by atoms with Gasteiger partial charge >= 0.3 is 0 Å². The average molecular weight is 653 g/mol. The number of phenols is 2. The number of anilines is 1. The lowest BCUT2D eigenvalue weighted by Crippen LogP contribution is -2.43. The summed E-state index contributed by atoms with van der Waals surface area (Å²) in [5.74, 6) is 1.26. The van der Waals surface area contributed by atoms with Crippen molar-refractivity contribution in [3.8, 4) is 23.0 Å². The Balaban J connectivity index is 1.50. The van der Waals surface area contributed by atoms with Crippen LogP contribution in [0.15, 0.2) is 47.5 Å². The van der Waals surface area contributed by atoms with Crippen LogP contribution in [-0.2, 0) is 22.4 Å². The largest absolute Gasteiger partial charge is 0.504 e. The molecule has 0 spiro atoms. The molecule has 0 bridgehead atoms. The monoisotopic (exact) mass is 652 g/mol. The lowest BCUT2D eigenvalue weighted by molar-refractivity contribution is -0.123. The van der Waals surface area contributed by atoms with Crippen LogP contribution in [0.25, 0.3) is 0 Å². The maximum atomic E-state index is 13.6. The molecule has 258 valence electrons. The number of likely N-dealkylation sites (N-methyl/N-ethyl adjacent to an activating group) is 1. The number of rotatable bonds is 16. The molecule has 47 heavy (non-hydrogen) atoms. The van der Waals surface area contributed by atoms with Gasteiger partial charge in [0.15, 0.2) is 41.0 Å². The smallest absolute Gasteiger partial charge is 0.192 e. The molecule has 2 aromatic carbocycles. The second-order valence-electron chi connectivity index (χ2n) is 13.0.